The van der Waals surface area contributed by atoms with Crippen LogP contribution in [0.15, 0.2) is 18.2 Å². The molecule has 0 saturated carbocycles. The lowest BCUT2D eigenvalue weighted by molar-refractivity contribution is 0.0600. The number of rotatable bonds is 3. The van der Waals surface area contributed by atoms with E-state index in [4.69, 9.17) is 4.43 Å². The summed E-state index contributed by atoms with van der Waals surface area (Å²) in [6.45, 7) is 6.32. The summed E-state index contributed by atoms with van der Waals surface area (Å²) in [4.78, 5) is 11.4. The van der Waals surface area contributed by atoms with Crippen molar-refractivity contribution in [1.29, 1.82) is 0 Å². The molecule has 1 rings (SSSR count). The Labute approximate surface area is 110 Å². The molecule has 0 bridgehead atoms. The van der Waals surface area contributed by atoms with Crippen LogP contribution in [-0.4, -0.2) is 21.4 Å². The molecule has 0 aromatic heterocycles. The van der Waals surface area contributed by atoms with E-state index < -0.39 is 8.32 Å². The maximum absolute atomic E-state index is 11.4. The van der Waals surface area contributed by atoms with Crippen LogP contribution >= 0.6 is 22.6 Å². The van der Waals surface area contributed by atoms with Crippen molar-refractivity contribution in [2.45, 2.75) is 19.6 Å². The van der Waals surface area contributed by atoms with E-state index in [1.54, 1.807) is 12.1 Å². The van der Waals surface area contributed by atoms with Crippen molar-refractivity contribution in [3.8, 4) is 5.75 Å². The van der Waals surface area contributed by atoms with Gasteiger partial charge in [0.05, 0.1) is 16.2 Å². The number of esters is 1. The van der Waals surface area contributed by atoms with Gasteiger partial charge in [0, 0.05) is 0 Å². The van der Waals surface area contributed by atoms with Crippen molar-refractivity contribution in [1.82, 2.24) is 0 Å². The van der Waals surface area contributed by atoms with Gasteiger partial charge in [-0.3, -0.25) is 0 Å². The van der Waals surface area contributed by atoms with Crippen LogP contribution in [0.2, 0.25) is 19.6 Å². The summed E-state index contributed by atoms with van der Waals surface area (Å²) >= 11 is 2.20. The zero-order chi connectivity index (χ0) is 12.3. The fourth-order valence-electron chi connectivity index (χ4n) is 1.16. The quantitative estimate of drug-likeness (QED) is 0.477. The fourth-order valence-corrected chi connectivity index (χ4v) is 2.64. The first-order valence-corrected chi connectivity index (χ1v) is 9.39. The number of carbonyl (C=O) groups excluding carboxylic acids is 1. The van der Waals surface area contributed by atoms with Crippen molar-refractivity contribution in [2.24, 2.45) is 0 Å². The van der Waals surface area contributed by atoms with Crippen molar-refractivity contribution < 1.29 is 14.0 Å². The van der Waals surface area contributed by atoms with E-state index in [2.05, 4.69) is 47.0 Å². The summed E-state index contributed by atoms with van der Waals surface area (Å²) in [5.74, 6) is 0.430. The summed E-state index contributed by atoms with van der Waals surface area (Å²) in [5, 5.41) is 0. The van der Waals surface area contributed by atoms with Gasteiger partial charge < -0.3 is 9.16 Å². The van der Waals surface area contributed by atoms with Gasteiger partial charge in [-0.25, -0.2) is 4.79 Å². The minimum absolute atomic E-state index is 0.336. The zero-order valence-corrected chi connectivity index (χ0v) is 13.0. The van der Waals surface area contributed by atoms with Crippen molar-refractivity contribution in [2.75, 3.05) is 7.11 Å². The van der Waals surface area contributed by atoms with E-state index in [1.807, 2.05) is 6.07 Å². The molecule has 0 heterocycles. The Morgan fingerprint density at radius 3 is 2.44 bits per heavy atom. The van der Waals surface area contributed by atoms with Gasteiger partial charge in [0.15, 0.2) is 0 Å². The van der Waals surface area contributed by atoms with Crippen LogP contribution in [0.1, 0.15) is 10.4 Å². The van der Waals surface area contributed by atoms with Crippen LogP contribution in [0, 0.1) is 3.57 Å². The number of benzene rings is 1. The lowest BCUT2D eigenvalue weighted by atomic mass is 10.2. The highest BCUT2D eigenvalue weighted by molar-refractivity contribution is 14.1. The molecule has 88 valence electrons. The van der Waals surface area contributed by atoms with Gasteiger partial charge in [0.2, 0.25) is 8.32 Å². The molecule has 0 saturated heterocycles. The van der Waals surface area contributed by atoms with Gasteiger partial charge in [0.1, 0.15) is 5.75 Å². The predicted molar refractivity (Wildman–Crippen MR) is 74.5 cm³/mol. The highest BCUT2D eigenvalue weighted by atomic mass is 127. The molecule has 0 spiro atoms. The molecule has 0 unspecified atom stereocenters. The molecule has 3 nitrogen and oxygen atoms in total. The number of ether oxygens (including phenoxy) is 1. The second-order valence-electron chi connectivity index (χ2n) is 4.35. The highest BCUT2D eigenvalue weighted by Gasteiger charge is 2.19. The Morgan fingerprint density at radius 2 is 1.94 bits per heavy atom. The van der Waals surface area contributed by atoms with Crippen LogP contribution < -0.4 is 4.43 Å². The third kappa shape index (κ3) is 3.78. The molecular weight excluding hydrogens is 335 g/mol. The molecular formula is C11H15IO3Si. The third-order valence-electron chi connectivity index (χ3n) is 1.77. The van der Waals surface area contributed by atoms with E-state index in [-0.39, 0.29) is 5.97 Å². The van der Waals surface area contributed by atoms with Gasteiger partial charge in [-0.15, -0.1) is 0 Å². The molecule has 1 aromatic carbocycles. The minimum Gasteiger partial charge on any atom is -0.544 e. The molecule has 16 heavy (non-hydrogen) atoms. The van der Waals surface area contributed by atoms with Crippen LogP contribution in [-0.2, 0) is 4.74 Å². The first kappa shape index (κ1) is 13.5. The molecule has 1 aromatic rings. The minimum atomic E-state index is -1.65. The predicted octanol–water partition coefficient (Wildman–Crippen LogP) is 3.29. The molecule has 0 aliphatic heterocycles. The largest absolute Gasteiger partial charge is 0.544 e. The lowest BCUT2D eigenvalue weighted by Gasteiger charge is -2.20. The Balaban J connectivity index is 3.04. The third-order valence-corrected chi connectivity index (χ3v) is 3.49. The van der Waals surface area contributed by atoms with Gasteiger partial charge in [-0.05, 0) is 60.4 Å². The number of halogens is 1. The SMILES string of the molecule is COC(=O)c1ccc(I)c(O[Si](C)(C)C)c1. The number of hydrogen-bond donors (Lipinski definition) is 0. The highest BCUT2D eigenvalue weighted by Crippen LogP contribution is 2.25. The summed E-state index contributed by atoms with van der Waals surface area (Å²) in [5.41, 5.74) is 0.524. The molecule has 0 aliphatic rings. The molecule has 0 amide bonds. The lowest BCUT2D eigenvalue weighted by Crippen LogP contribution is -2.29. The normalized spacial score (nSPS) is 11.1. The Morgan fingerprint density at radius 1 is 1.31 bits per heavy atom. The maximum atomic E-state index is 11.4. The standard InChI is InChI=1S/C11H15IO3Si/c1-14-11(13)8-5-6-9(12)10(7-8)15-16(2,3)4/h5-7H,1-4H3. The second kappa shape index (κ2) is 5.18. The monoisotopic (exact) mass is 350 g/mol. The number of hydrogen-bond acceptors (Lipinski definition) is 3. The van der Waals surface area contributed by atoms with Gasteiger partial charge in [0.25, 0.3) is 0 Å². The van der Waals surface area contributed by atoms with E-state index in [9.17, 15) is 4.79 Å². The van der Waals surface area contributed by atoms with Crippen molar-refractivity contribution in [3.05, 3.63) is 27.3 Å². The molecule has 0 radical (unpaired) electrons. The Bertz CT molecular complexity index is 399. The average Bonchev–Trinajstić information content (AvgIpc) is 2.18. The van der Waals surface area contributed by atoms with Gasteiger partial charge in [-0.1, -0.05) is 0 Å². The Hall–Kier alpha value is -0.563. The molecule has 0 atom stereocenters. The summed E-state index contributed by atoms with van der Waals surface area (Å²) in [6.07, 6.45) is 0. The molecule has 5 heteroatoms. The molecule has 0 fully saturated rings. The number of carbonyl (C=O) groups is 1. The van der Waals surface area contributed by atoms with Crippen molar-refractivity contribution in [3.63, 3.8) is 0 Å². The fraction of sp³-hybridized carbons (Fsp3) is 0.364. The van der Waals surface area contributed by atoms with E-state index in [0.29, 0.717) is 5.56 Å². The van der Waals surface area contributed by atoms with E-state index in [0.717, 1.165) is 9.32 Å². The zero-order valence-electron chi connectivity index (χ0n) is 9.83. The topological polar surface area (TPSA) is 35.5 Å². The van der Waals surface area contributed by atoms with E-state index in [1.165, 1.54) is 7.11 Å². The van der Waals surface area contributed by atoms with E-state index >= 15 is 0 Å². The Kier molecular flexibility index (Phi) is 4.37. The smallest absolute Gasteiger partial charge is 0.337 e. The molecule has 0 aliphatic carbocycles. The maximum Gasteiger partial charge on any atom is 0.337 e. The average molecular weight is 350 g/mol. The summed E-state index contributed by atoms with van der Waals surface area (Å²) in [6, 6.07) is 5.35. The number of methoxy groups -OCH3 is 1. The van der Waals surface area contributed by atoms with Gasteiger partial charge in [-0.2, -0.15) is 0 Å². The van der Waals surface area contributed by atoms with Crippen LogP contribution in [0.4, 0.5) is 0 Å². The van der Waals surface area contributed by atoms with Gasteiger partial charge >= 0.3 is 5.97 Å². The summed E-state index contributed by atoms with van der Waals surface area (Å²) < 4.78 is 11.6. The summed E-state index contributed by atoms with van der Waals surface area (Å²) in [7, 11) is -0.280. The van der Waals surface area contributed by atoms with Crippen LogP contribution in [0.25, 0.3) is 0 Å². The first-order chi connectivity index (χ1) is 7.33. The second-order valence-corrected chi connectivity index (χ2v) is 9.94. The van der Waals surface area contributed by atoms with Crippen LogP contribution in [0.5, 0.6) is 5.75 Å². The van der Waals surface area contributed by atoms with Crippen molar-refractivity contribution >= 4 is 36.9 Å². The first-order valence-electron chi connectivity index (χ1n) is 4.90. The molecule has 0 N–H and O–H groups in total. The van der Waals surface area contributed by atoms with Crippen LogP contribution in [0.3, 0.4) is 0 Å².